The van der Waals surface area contributed by atoms with E-state index >= 15 is 0 Å². The number of methoxy groups -OCH3 is 2. The smallest absolute Gasteiger partial charge is 0.0724 e. The summed E-state index contributed by atoms with van der Waals surface area (Å²) in [5.41, 5.74) is 0. The molecule has 0 radical (unpaired) electrons. The fourth-order valence-electron chi connectivity index (χ4n) is 2.44. The maximum absolute atomic E-state index is 8.99. The molecule has 96 valence electrons. The maximum Gasteiger partial charge on any atom is 0.0724 e. The zero-order chi connectivity index (χ0) is 11.8. The maximum atomic E-state index is 8.99. The fourth-order valence-corrected chi connectivity index (χ4v) is 2.44. The van der Waals surface area contributed by atoms with Gasteiger partial charge in [-0.1, -0.05) is 12.8 Å². The third-order valence-corrected chi connectivity index (χ3v) is 3.30. The number of rotatable bonds is 7. The summed E-state index contributed by atoms with van der Waals surface area (Å²) in [7, 11) is 3.47. The standard InChI is InChI=1S/C12H25NO3/c1-15-9-10(7-8-14)13-11-5-3-4-6-12(11)16-2/h10-14H,3-9H2,1-2H3. The zero-order valence-corrected chi connectivity index (χ0v) is 10.4. The summed E-state index contributed by atoms with van der Waals surface area (Å²) in [5, 5.41) is 12.5. The first kappa shape index (κ1) is 13.9. The topological polar surface area (TPSA) is 50.7 Å². The normalized spacial score (nSPS) is 27.9. The van der Waals surface area contributed by atoms with Crippen molar-refractivity contribution in [1.82, 2.24) is 5.32 Å². The van der Waals surface area contributed by atoms with Crippen LogP contribution in [-0.4, -0.2) is 50.7 Å². The van der Waals surface area contributed by atoms with Crippen LogP contribution in [0.25, 0.3) is 0 Å². The van der Waals surface area contributed by atoms with Gasteiger partial charge in [-0.3, -0.25) is 0 Å². The summed E-state index contributed by atoms with van der Waals surface area (Å²) in [4.78, 5) is 0. The lowest BCUT2D eigenvalue weighted by atomic mass is 9.91. The molecule has 1 rings (SSSR count). The van der Waals surface area contributed by atoms with Crippen LogP contribution in [0, 0.1) is 0 Å². The molecule has 1 aliphatic rings. The molecule has 0 bridgehead atoms. The largest absolute Gasteiger partial charge is 0.396 e. The molecule has 4 heteroatoms. The van der Waals surface area contributed by atoms with Crippen molar-refractivity contribution >= 4 is 0 Å². The van der Waals surface area contributed by atoms with Gasteiger partial charge < -0.3 is 19.9 Å². The molecule has 0 heterocycles. The monoisotopic (exact) mass is 231 g/mol. The molecular formula is C12H25NO3. The summed E-state index contributed by atoms with van der Waals surface area (Å²) in [6, 6.07) is 0.640. The van der Waals surface area contributed by atoms with Gasteiger partial charge in [0.2, 0.25) is 0 Å². The van der Waals surface area contributed by atoms with Gasteiger partial charge in [0.25, 0.3) is 0 Å². The third-order valence-electron chi connectivity index (χ3n) is 3.30. The molecule has 0 spiro atoms. The Balaban J connectivity index is 2.40. The minimum Gasteiger partial charge on any atom is -0.396 e. The summed E-state index contributed by atoms with van der Waals surface area (Å²) < 4.78 is 10.6. The number of aliphatic hydroxyl groups is 1. The molecule has 1 aliphatic carbocycles. The van der Waals surface area contributed by atoms with Crippen LogP contribution in [-0.2, 0) is 9.47 Å². The molecule has 16 heavy (non-hydrogen) atoms. The van der Waals surface area contributed by atoms with Crippen molar-refractivity contribution in [3.05, 3.63) is 0 Å². The molecular weight excluding hydrogens is 206 g/mol. The van der Waals surface area contributed by atoms with E-state index in [9.17, 15) is 0 Å². The summed E-state index contributed by atoms with van der Waals surface area (Å²) in [6.07, 6.45) is 5.85. The predicted molar refractivity (Wildman–Crippen MR) is 63.6 cm³/mol. The van der Waals surface area contributed by atoms with Crippen LogP contribution >= 0.6 is 0 Å². The van der Waals surface area contributed by atoms with Gasteiger partial charge in [-0.2, -0.15) is 0 Å². The van der Waals surface area contributed by atoms with Gasteiger partial charge in [0.05, 0.1) is 12.7 Å². The summed E-state index contributed by atoms with van der Waals surface area (Å²) in [5.74, 6) is 0. The van der Waals surface area contributed by atoms with Gasteiger partial charge in [0.15, 0.2) is 0 Å². The second-order valence-electron chi connectivity index (χ2n) is 4.50. The molecule has 0 aromatic heterocycles. The van der Waals surface area contributed by atoms with E-state index in [0.717, 1.165) is 19.3 Å². The Hall–Kier alpha value is -0.160. The minimum absolute atomic E-state index is 0.200. The van der Waals surface area contributed by atoms with E-state index in [1.54, 1.807) is 14.2 Å². The van der Waals surface area contributed by atoms with Crippen LogP contribution in [0.2, 0.25) is 0 Å². The Kier molecular flexibility index (Phi) is 6.96. The fraction of sp³-hybridized carbons (Fsp3) is 1.00. The van der Waals surface area contributed by atoms with E-state index in [1.807, 2.05) is 0 Å². The SMILES string of the molecule is COCC(CCO)NC1CCCCC1OC. The highest BCUT2D eigenvalue weighted by Crippen LogP contribution is 2.21. The predicted octanol–water partition coefficient (Wildman–Crippen LogP) is 0.931. The average Bonchev–Trinajstić information content (AvgIpc) is 2.30. The number of nitrogens with one attached hydrogen (secondary N) is 1. The van der Waals surface area contributed by atoms with E-state index in [-0.39, 0.29) is 12.6 Å². The van der Waals surface area contributed by atoms with E-state index in [4.69, 9.17) is 14.6 Å². The molecule has 0 aromatic rings. The number of hydrogen-bond donors (Lipinski definition) is 2. The molecule has 4 nitrogen and oxygen atoms in total. The molecule has 2 N–H and O–H groups in total. The Morgan fingerprint density at radius 2 is 2.06 bits per heavy atom. The van der Waals surface area contributed by atoms with Crippen molar-refractivity contribution in [2.45, 2.75) is 50.3 Å². The first-order chi connectivity index (χ1) is 7.81. The third kappa shape index (κ3) is 4.37. The van der Waals surface area contributed by atoms with Crippen molar-refractivity contribution in [2.75, 3.05) is 27.4 Å². The average molecular weight is 231 g/mol. The van der Waals surface area contributed by atoms with Crippen molar-refractivity contribution in [3.8, 4) is 0 Å². The highest BCUT2D eigenvalue weighted by Gasteiger charge is 2.26. The number of ether oxygens (including phenoxy) is 2. The van der Waals surface area contributed by atoms with E-state index in [2.05, 4.69) is 5.32 Å². The van der Waals surface area contributed by atoms with Crippen molar-refractivity contribution < 1.29 is 14.6 Å². The summed E-state index contributed by atoms with van der Waals surface area (Å²) >= 11 is 0. The van der Waals surface area contributed by atoms with Crippen LogP contribution in [0.4, 0.5) is 0 Å². The number of aliphatic hydroxyl groups excluding tert-OH is 1. The molecule has 1 fully saturated rings. The Morgan fingerprint density at radius 3 is 2.69 bits per heavy atom. The number of hydrogen-bond acceptors (Lipinski definition) is 4. The Bertz CT molecular complexity index is 172. The quantitative estimate of drug-likeness (QED) is 0.684. The lowest BCUT2D eigenvalue weighted by Gasteiger charge is -2.34. The molecule has 0 amide bonds. The van der Waals surface area contributed by atoms with Gasteiger partial charge in [-0.25, -0.2) is 0 Å². The lowest BCUT2D eigenvalue weighted by molar-refractivity contribution is 0.0301. The van der Waals surface area contributed by atoms with Crippen molar-refractivity contribution in [1.29, 1.82) is 0 Å². The Labute approximate surface area is 98.3 Å². The van der Waals surface area contributed by atoms with Crippen LogP contribution < -0.4 is 5.32 Å². The zero-order valence-electron chi connectivity index (χ0n) is 10.4. The van der Waals surface area contributed by atoms with Crippen molar-refractivity contribution in [2.24, 2.45) is 0 Å². The summed E-state index contributed by atoms with van der Waals surface area (Å²) in [6.45, 7) is 0.846. The molecule has 1 saturated carbocycles. The molecule has 0 saturated heterocycles. The highest BCUT2D eigenvalue weighted by molar-refractivity contribution is 4.84. The first-order valence-corrected chi connectivity index (χ1v) is 6.20. The van der Waals surface area contributed by atoms with Crippen LogP contribution in [0.1, 0.15) is 32.1 Å². The Morgan fingerprint density at radius 1 is 1.31 bits per heavy atom. The van der Waals surface area contributed by atoms with Gasteiger partial charge >= 0.3 is 0 Å². The second-order valence-corrected chi connectivity index (χ2v) is 4.50. The first-order valence-electron chi connectivity index (χ1n) is 6.20. The van der Waals surface area contributed by atoms with Crippen LogP contribution in [0.15, 0.2) is 0 Å². The van der Waals surface area contributed by atoms with Crippen LogP contribution in [0.5, 0.6) is 0 Å². The highest BCUT2D eigenvalue weighted by atomic mass is 16.5. The van der Waals surface area contributed by atoms with Crippen LogP contribution in [0.3, 0.4) is 0 Å². The molecule has 3 unspecified atom stereocenters. The van der Waals surface area contributed by atoms with E-state index in [0.29, 0.717) is 18.8 Å². The lowest BCUT2D eigenvalue weighted by Crippen LogP contribution is -2.49. The van der Waals surface area contributed by atoms with Gasteiger partial charge in [0, 0.05) is 32.9 Å². The van der Waals surface area contributed by atoms with Gasteiger partial charge in [-0.05, 0) is 19.3 Å². The molecule has 0 aliphatic heterocycles. The second kappa shape index (κ2) is 8.01. The van der Waals surface area contributed by atoms with Gasteiger partial charge in [0.1, 0.15) is 0 Å². The molecule has 3 atom stereocenters. The molecule has 0 aromatic carbocycles. The minimum atomic E-state index is 0.200. The van der Waals surface area contributed by atoms with Crippen molar-refractivity contribution in [3.63, 3.8) is 0 Å². The van der Waals surface area contributed by atoms with E-state index < -0.39 is 0 Å². The van der Waals surface area contributed by atoms with E-state index in [1.165, 1.54) is 12.8 Å². The van der Waals surface area contributed by atoms with Gasteiger partial charge in [-0.15, -0.1) is 0 Å².